The van der Waals surface area contributed by atoms with Gasteiger partial charge in [0, 0.05) is 60.3 Å². The third-order valence-corrected chi connectivity index (χ3v) is 8.50. The van der Waals surface area contributed by atoms with E-state index in [1.807, 2.05) is 52.3 Å². The SMILES string of the molecule is O=C(OCc1ccccc1)N1C2CCC1C(Cn1ccc3cc(-c4cnn(C5CCCCO5)c4)cnc31)C2. The zero-order valence-corrected chi connectivity index (χ0v) is 21.5. The molecular weight excluding hydrogens is 478 g/mol. The molecule has 8 heteroatoms. The number of benzene rings is 1. The van der Waals surface area contributed by atoms with Gasteiger partial charge in [-0.25, -0.2) is 14.5 Å². The van der Waals surface area contributed by atoms with Crippen LogP contribution in [0.15, 0.2) is 67.3 Å². The smallest absolute Gasteiger partial charge is 0.410 e. The van der Waals surface area contributed by atoms with Crippen LogP contribution in [0.1, 0.15) is 50.3 Å². The van der Waals surface area contributed by atoms with Crippen molar-refractivity contribution in [1.82, 2.24) is 24.2 Å². The number of hydrogen-bond donors (Lipinski definition) is 0. The fraction of sp³-hybridized carbons (Fsp3) is 0.433. The number of carbonyl (C=O) groups excluding carboxylic acids is 1. The summed E-state index contributed by atoms with van der Waals surface area (Å²) >= 11 is 0. The van der Waals surface area contributed by atoms with Gasteiger partial charge in [-0.1, -0.05) is 30.3 Å². The lowest BCUT2D eigenvalue weighted by molar-refractivity contribution is -0.0394. The molecule has 0 aliphatic carbocycles. The van der Waals surface area contributed by atoms with Crippen LogP contribution in [0.4, 0.5) is 4.79 Å². The molecule has 3 saturated heterocycles. The first-order valence-corrected chi connectivity index (χ1v) is 13.8. The van der Waals surface area contributed by atoms with E-state index < -0.39 is 0 Å². The molecule has 0 N–H and O–H groups in total. The van der Waals surface area contributed by atoms with Crippen LogP contribution in [0.25, 0.3) is 22.2 Å². The van der Waals surface area contributed by atoms with Gasteiger partial charge < -0.3 is 18.9 Å². The van der Waals surface area contributed by atoms with Gasteiger partial charge in [0.1, 0.15) is 18.5 Å². The molecule has 196 valence electrons. The summed E-state index contributed by atoms with van der Waals surface area (Å²) in [6, 6.07) is 14.7. The molecule has 3 aliphatic rings. The Morgan fingerprint density at radius 3 is 2.84 bits per heavy atom. The largest absolute Gasteiger partial charge is 0.445 e. The topological polar surface area (TPSA) is 74.4 Å². The van der Waals surface area contributed by atoms with Crippen molar-refractivity contribution in [2.45, 2.75) is 70.0 Å². The standard InChI is InChI=1S/C30H33N5O3/c36-30(38-20-21-6-2-1-3-7-21)35-26-9-10-27(35)24(15-26)18-33-12-11-22-14-23(16-31-29(22)33)25-17-32-34(19-25)28-8-4-5-13-37-28/h1-3,6-7,11-12,14,16-17,19,24,26-28H,4-5,8-10,13,15,18,20H2. The normalized spacial score (nSPS) is 24.8. The van der Waals surface area contributed by atoms with Crippen molar-refractivity contribution in [3.8, 4) is 11.1 Å². The van der Waals surface area contributed by atoms with E-state index in [0.717, 1.165) is 73.0 Å². The summed E-state index contributed by atoms with van der Waals surface area (Å²) in [5.41, 5.74) is 4.12. The molecular formula is C30H33N5O3. The molecule has 7 rings (SSSR count). The van der Waals surface area contributed by atoms with Crippen molar-refractivity contribution < 1.29 is 14.3 Å². The number of aromatic nitrogens is 4. The number of carbonyl (C=O) groups is 1. The van der Waals surface area contributed by atoms with Crippen LogP contribution in [0.2, 0.25) is 0 Å². The van der Waals surface area contributed by atoms with Gasteiger partial charge in [0.25, 0.3) is 0 Å². The third-order valence-electron chi connectivity index (χ3n) is 8.50. The average Bonchev–Trinajstić information content (AvgIpc) is 3.76. The molecule has 3 aromatic heterocycles. The third kappa shape index (κ3) is 4.36. The number of amides is 1. The highest BCUT2D eigenvalue weighted by atomic mass is 16.6. The number of hydrogen-bond acceptors (Lipinski definition) is 5. The van der Waals surface area contributed by atoms with E-state index in [-0.39, 0.29) is 24.4 Å². The van der Waals surface area contributed by atoms with Crippen LogP contribution < -0.4 is 0 Å². The van der Waals surface area contributed by atoms with Crippen LogP contribution in [-0.2, 0) is 22.6 Å². The predicted molar refractivity (Wildman–Crippen MR) is 143 cm³/mol. The van der Waals surface area contributed by atoms with Crippen molar-refractivity contribution in [2.75, 3.05) is 6.61 Å². The average molecular weight is 512 g/mol. The number of rotatable bonds is 6. The number of ether oxygens (including phenoxy) is 2. The maximum absolute atomic E-state index is 13.0. The highest BCUT2D eigenvalue weighted by Gasteiger charge is 2.49. The van der Waals surface area contributed by atoms with Gasteiger partial charge in [-0.05, 0) is 62.1 Å². The summed E-state index contributed by atoms with van der Waals surface area (Å²) < 4.78 is 15.8. The van der Waals surface area contributed by atoms with E-state index in [2.05, 4.69) is 34.2 Å². The zero-order valence-electron chi connectivity index (χ0n) is 21.5. The van der Waals surface area contributed by atoms with Crippen LogP contribution in [0, 0.1) is 5.92 Å². The minimum atomic E-state index is -0.178. The fourth-order valence-corrected chi connectivity index (χ4v) is 6.60. The highest BCUT2D eigenvalue weighted by molar-refractivity contribution is 5.81. The number of pyridine rings is 1. The maximum atomic E-state index is 13.0. The minimum Gasteiger partial charge on any atom is -0.445 e. The van der Waals surface area contributed by atoms with Gasteiger partial charge in [0.05, 0.1) is 6.20 Å². The summed E-state index contributed by atoms with van der Waals surface area (Å²) in [5.74, 6) is 0.406. The number of nitrogens with zero attached hydrogens (tertiary/aromatic N) is 5. The lowest BCUT2D eigenvalue weighted by atomic mass is 9.89. The Morgan fingerprint density at radius 2 is 1.97 bits per heavy atom. The minimum absolute atomic E-state index is 0.0344. The molecule has 3 fully saturated rings. The van der Waals surface area contributed by atoms with Crippen molar-refractivity contribution in [3.63, 3.8) is 0 Å². The molecule has 3 aliphatic heterocycles. The molecule has 4 atom stereocenters. The predicted octanol–water partition coefficient (Wildman–Crippen LogP) is 5.79. The fourth-order valence-electron chi connectivity index (χ4n) is 6.60. The van der Waals surface area contributed by atoms with Gasteiger partial charge in [-0.2, -0.15) is 5.10 Å². The molecule has 6 heterocycles. The van der Waals surface area contributed by atoms with Crippen molar-refractivity contribution in [2.24, 2.45) is 5.92 Å². The molecule has 38 heavy (non-hydrogen) atoms. The van der Waals surface area contributed by atoms with E-state index in [1.165, 1.54) is 6.42 Å². The van der Waals surface area contributed by atoms with Gasteiger partial charge in [-0.3, -0.25) is 0 Å². The van der Waals surface area contributed by atoms with Gasteiger partial charge in [0.15, 0.2) is 0 Å². The first-order valence-electron chi connectivity index (χ1n) is 13.8. The molecule has 1 aromatic carbocycles. The van der Waals surface area contributed by atoms with Crippen molar-refractivity contribution >= 4 is 17.1 Å². The Hall–Kier alpha value is -3.65. The first kappa shape index (κ1) is 23.5. The summed E-state index contributed by atoms with van der Waals surface area (Å²) in [6.07, 6.45) is 14.3. The molecule has 2 bridgehead atoms. The van der Waals surface area contributed by atoms with Gasteiger partial charge in [0.2, 0.25) is 0 Å². The van der Waals surface area contributed by atoms with E-state index in [1.54, 1.807) is 0 Å². The van der Waals surface area contributed by atoms with E-state index in [0.29, 0.717) is 12.5 Å². The second-order valence-corrected chi connectivity index (χ2v) is 10.9. The molecule has 0 saturated carbocycles. The monoisotopic (exact) mass is 511 g/mol. The Morgan fingerprint density at radius 1 is 1.05 bits per heavy atom. The van der Waals surface area contributed by atoms with Crippen molar-refractivity contribution in [1.29, 1.82) is 0 Å². The van der Waals surface area contributed by atoms with Crippen molar-refractivity contribution in [3.05, 3.63) is 72.8 Å². The second-order valence-electron chi connectivity index (χ2n) is 10.9. The van der Waals surface area contributed by atoms with Crippen LogP contribution in [0.5, 0.6) is 0 Å². The Balaban J connectivity index is 1.03. The lowest BCUT2D eigenvalue weighted by Crippen LogP contribution is -2.37. The molecule has 8 nitrogen and oxygen atoms in total. The Labute approximate surface area is 222 Å². The maximum Gasteiger partial charge on any atom is 0.410 e. The van der Waals surface area contributed by atoms with E-state index in [4.69, 9.17) is 14.5 Å². The summed E-state index contributed by atoms with van der Waals surface area (Å²) in [6.45, 7) is 1.98. The summed E-state index contributed by atoms with van der Waals surface area (Å²) in [7, 11) is 0. The lowest BCUT2D eigenvalue weighted by Gasteiger charge is -2.24. The van der Waals surface area contributed by atoms with E-state index in [9.17, 15) is 4.79 Å². The Bertz CT molecular complexity index is 1420. The summed E-state index contributed by atoms with van der Waals surface area (Å²) in [4.78, 5) is 19.8. The van der Waals surface area contributed by atoms with Gasteiger partial charge in [-0.15, -0.1) is 0 Å². The molecule has 0 radical (unpaired) electrons. The molecule has 1 amide bonds. The zero-order chi connectivity index (χ0) is 25.5. The first-order chi connectivity index (χ1) is 18.7. The summed E-state index contributed by atoms with van der Waals surface area (Å²) in [5, 5.41) is 5.68. The number of fused-ring (bicyclic) bond motifs is 3. The van der Waals surface area contributed by atoms with Crippen LogP contribution in [0.3, 0.4) is 0 Å². The molecule has 4 aromatic rings. The van der Waals surface area contributed by atoms with E-state index >= 15 is 0 Å². The molecule has 0 spiro atoms. The quantitative estimate of drug-likeness (QED) is 0.328. The second kappa shape index (κ2) is 9.91. The Kier molecular flexibility index (Phi) is 6.12. The van der Waals surface area contributed by atoms with Crippen LogP contribution in [-0.4, -0.2) is 49.0 Å². The molecule has 4 unspecified atom stereocenters. The van der Waals surface area contributed by atoms with Gasteiger partial charge >= 0.3 is 6.09 Å². The highest BCUT2D eigenvalue weighted by Crippen LogP contribution is 2.43. The van der Waals surface area contributed by atoms with Crippen LogP contribution >= 0.6 is 0 Å².